The van der Waals surface area contributed by atoms with Gasteiger partial charge in [0, 0.05) is 12.2 Å². The number of nitrogens with two attached hydrogens (primary N) is 1. The average molecular weight is 222 g/mol. The molecule has 1 aromatic carbocycles. The fraction of sp³-hybridized carbons (Fsp3) is 0.417. The van der Waals surface area contributed by atoms with Gasteiger partial charge in [-0.15, -0.1) is 0 Å². The van der Waals surface area contributed by atoms with Crippen molar-refractivity contribution < 1.29 is 9.53 Å². The highest BCUT2D eigenvalue weighted by Crippen LogP contribution is 2.13. The van der Waals surface area contributed by atoms with Crippen LogP contribution in [0.4, 0.5) is 5.69 Å². The maximum atomic E-state index is 11.2. The van der Waals surface area contributed by atoms with Crippen molar-refractivity contribution in [1.82, 2.24) is 4.90 Å². The van der Waals surface area contributed by atoms with E-state index in [1.54, 1.807) is 0 Å². The molecule has 0 radical (unpaired) electrons. The highest BCUT2D eigenvalue weighted by molar-refractivity contribution is 5.71. The molecule has 4 heteroatoms. The molecule has 0 aliphatic carbocycles. The minimum absolute atomic E-state index is 0.226. The standard InChI is InChI=1S/C12H18N2O2/c1-3-14(9-12(15)16-2)8-10-6-4-5-7-11(10)13/h4-7H,3,8-9,13H2,1-2H3. The van der Waals surface area contributed by atoms with Crippen LogP contribution < -0.4 is 5.73 Å². The van der Waals surface area contributed by atoms with Crippen LogP contribution in [-0.2, 0) is 16.1 Å². The van der Waals surface area contributed by atoms with Gasteiger partial charge in [0.05, 0.1) is 13.7 Å². The number of methoxy groups -OCH3 is 1. The van der Waals surface area contributed by atoms with E-state index in [0.29, 0.717) is 13.1 Å². The van der Waals surface area contributed by atoms with Crippen LogP contribution in [0.2, 0.25) is 0 Å². The fourth-order valence-electron chi connectivity index (χ4n) is 1.45. The van der Waals surface area contributed by atoms with Crippen molar-refractivity contribution in [2.24, 2.45) is 0 Å². The van der Waals surface area contributed by atoms with E-state index < -0.39 is 0 Å². The van der Waals surface area contributed by atoms with Crippen LogP contribution in [0.25, 0.3) is 0 Å². The Kier molecular flexibility index (Phi) is 4.79. The Morgan fingerprint density at radius 1 is 1.44 bits per heavy atom. The number of nitrogen functional groups attached to an aromatic ring is 1. The van der Waals surface area contributed by atoms with Crippen LogP contribution in [0, 0.1) is 0 Å². The van der Waals surface area contributed by atoms with Crippen LogP contribution >= 0.6 is 0 Å². The van der Waals surface area contributed by atoms with Crippen molar-refractivity contribution in [3.8, 4) is 0 Å². The Labute approximate surface area is 96.0 Å². The zero-order chi connectivity index (χ0) is 12.0. The molecule has 0 saturated heterocycles. The second-order valence-corrected chi connectivity index (χ2v) is 3.58. The Hall–Kier alpha value is -1.55. The number of benzene rings is 1. The Morgan fingerprint density at radius 3 is 2.69 bits per heavy atom. The summed E-state index contributed by atoms with van der Waals surface area (Å²) in [5.74, 6) is -0.226. The molecule has 0 aliphatic heterocycles. The van der Waals surface area contributed by atoms with Gasteiger partial charge < -0.3 is 10.5 Å². The van der Waals surface area contributed by atoms with Crippen LogP contribution in [0.15, 0.2) is 24.3 Å². The third-order valence-electron chi connectivity index (χ3n) is 2.48. The molecule has 0 bridgehead atoms. The van der Waals surface area contributed by atoms with Crippen molar-refractivity contribution in [1.29, 1.82) is 0 Å². The SMILES string of the molecule is CCN(CC(=O)OC)Cc1ccccc1N. The van der Waals surface area contributed by atoms with E-state index >= 15 is 0 Å². The number of hydrogen-bond donors (Lipinski definition) is 1. The van der Waals surface area contributed by atoms with Crippen LogP contribution in [-0.4, -0.2) is 31.1 Å². The lowest BCUT2D eigenvalue weighted by atomic mass is 10.1. The number of rotatable bonds is 5. The van der Waals surface area contributed by atoms with E-state index in [1.165, 1.54) is 7.11 Å². The predicted octanol–water partition coefficient (Wildman–Crippen LogP) is 1.26. The number of likely N-dealkylation sites (N-methyl/N-ethyl adjacent to an activating group) is 1. The Bertz CT molecular complexity index is 353. The fourth-order valence-corrected chi connectivity index (χ4v) is 1.45. The van der Waals surface area contributed by atoms with E-state index in [2.05, 4.69) is 4.74 Å². The van der Waals surface area contributed by atoms with E-state index in [4.69, 9.17) is 5.73 Å². The summed E-state index contributed by atoms with van der Waals surface area (Å²) in [6.07, 6.45) is 0. The minimum atomic E-state index is -0.226. The number of ether oxygens (including phenoxy) is 1. The zero-order valence-electron chi connectivity index (χ0n) is 9.77. The number of carbonyl (C=O) groups is 1. The molecule has 0 heterocycles. The molecule has 0 amide bonds. The zero-order valence-corrected chi connectivity index (χ0v) is 9.77. The number of nitrogens with zero attached hydrogens (tertiary/aromatic N) is 1. The predicted molar refractivity (Wildman–Crippen MR) is 63.8 cm³/mol. The maximum absolute atomic E-state index is 11.2. The molecule has 1 rings (SSSR count). The third kappa shape index (κ3) is 3.55. The first kappa shape index (κ1) is 12.5. The molecule has 0 aromatic heterocycles. The molecule has 0 aliphatic rings. The lowest BCUT2D eigenvalue weighted by Crippen LogP contribution is -2.30. The monoisotopic (exact) mass is 222 g/mol. The topological polar surface area (TPSA) is 55.6 Å². The number of para-hydroxylation sites is 1. The van der Waals surface area contributed by atoms with Crippen LogP contribution in [0.5, 0.6) is 0 Å². The summed E-state index contributed by atoms with van der Waals surface area (Å²) in [4.78, 5) is 13.1. The average Bonchev–Trinajstić information content (AvgIpc) is 2.30. The van der Waals surface area contributed by atoms with Gasteiger partial charge in [-0.3, -0.25) is 9.69 Å². The van der Waals surface area contributed by atoms with Gasteiger partial charge in [0.2, 0.25) is 0 Å². The molecular formula is C12H18N2O2. The smallest absolute Gasteiger partial charge is 0.319 e. The Morgan fingerprint density at radius 2 is 2.12 bits per heavy atom. The summed E-state index contributed by atoms with van der Waals surface area (Å²) in [5.41, 5.74) is 7.63. The summed E-state index contributed by atoms with van der Waals surface area (Å²) < 4.78 is 4.64. The molecular weight excluding hydrogens is 204 g/mol. The summed E-state index contributed by atoms with van der Waals surface area (Å²) in [6, 6.07) is 7.67. The first-order chi connectivity index (χ1) is 7.67. The molecule has 4 nitrogen and oxygen atoms in total. The van der Waals surface area contributed by atoms with E-state index in [9.17, 15) is 4.79 Å². The minimum Gasteiger partial charge on any atom is -0.468 e. The van der Waals surface area contributed by atoms with Gasteiger partial charge in [-0.2, -0.15) is 0 Å². The largest absolute Gasteiger partial charge is 0.468 e. The van der Waals surface area contributed by atoms with Gasteiger partial charge in [0.1, 0.15) is 0 Å². The summed E-state index contributed by atoms with van der Waals surface area (Å²) in [5, 5.41) is 0. The first-order valence-electron chi connectivity index (χ1n) is 5.30. The normalized spacial score (nSPS) is 10.4. The molecule has 0 saturated carbocycles. The van der Waals surface area contributed by atoms with Crippen molar-refractivity contribution in [3.05, 3.63) is 29.8 Å². The quantitative estimate of drug-likeness (QED) is 0.602. The molecule has 0 fully saturated rings. The maximum Gasteiger partial charge on any atom is 0.319 e. The van der Waals surface area contributed by atoms with Gasteiger partial charge in [-0.25, -0.2) is 0 Å². The van der Waals surface area contributed by atoms with Gasteiger partial charge in [-0.1, -0.05) is 25.1 Å². The molecule has 2 N–H and O–H groups in total. The highest BCUT2D eigenvalue weighted by atomic mass is 16.5. The van der Waals surface area contributed by atoms with Crippen LogP contribution in [0.3, 0.4) is 0 Å². The van der Waals surface area contributed by atoms with Gasteiger partial charge in [0.25, 0.3) is 0 Å². The van der Waals surface area contributed by atoms with Gasteiger partial charge >= 0.3 is 5.97 Å². The number of esters is 1. The van der Waals surface area contributed by atoms with E-state index in [1.807, 2.05) is 36.1 Å². The third-order valence-corrected chi connectivity index (χ3v) is 2.48. The van der Waals surface area contributed by atoms with Crippen LogP contribution in [0.1, 0.15) is 12.5 Å². The van der Waals surface area contributed by atoms with Gasteiger partial charge in [0.15, 0.2) is 0 Å². The second kappa shape index (κ2) is 6.12. The number of anilines is 1. The second-order valence-electron chi connectivity index (χ2n) is 3.58. The van der Waals surface area contributed by atoms with Gasteiger partial charge in [-0.05, 0) is 18.2 Å². The molecule has 0 atom stereocenters. The first-order valence-corrected chi connectivity index (χ1v) is 5.30. The summed E-state index contributed by atoms with van der Waals surface area (Å²) in [6.45, 7) is 3.74. The van der Waals surface area contributed by atoms with E-state index in [0.717, 1.165) is 17.8 Å². The molecule has 16 heavy (non-hydrogen) atoms. The number of carbonyl (C=O) groups excluding carboxylic acids is 1. The lowest BCUT2D eigenvalue weighted by Gasteiger charge is -2.19. The van der Waals surface area contributed by atoms with Crippen molar-refractivity contribution >= 4 is 11.7 Å². The molecule has 88 valence electrons. The Balaban J connectivity index is 2.63. The summed E-state index contributed by atoms with van der Waals surface area (Å²) >= 11 is 0. The van der Waals surface area contributed by atoms with Crippen molar-refractivity contribution in [2.45, 2.75) is 13.5 Å². The van der Waals surface area contributed by atoms with Crippen molar-refractivity contribution in [2.75, 3.05) is 25.9 Å². The molecule has 0 unspecified atom stereocenters. The van der Waals surface area contributed by atoms with E-state index in [-0.39, 0.29) is 5.97 Å². The molecule has 1 aromatic rings. The summed E-state index contributed by atoms with van der Waals surface area (Å²) in [7, 11) is 1.40. The lowest BCUT2D eigenvalue weighted by molar-refractivity contribution is -0.142. The van der Waals surface area contributed by atoms with Crippen molar-refractivity contribution in [3.63, 3.8) is 0 Å². The number of hydrogen-bond acceptors (Lipinski definition) is 4. The highest BCUT2D eigenvalue weighted by Gasteiger charge is 2.10. The molecule has 0 spiro atoms.